The number of aliphatic carboxylic acids is 1. The molecule has 0 radical (unpaired) electrons. The van der Waals surface area contributed by atoms with Crippen LogP contribution in [-0.4, -0.2) is 26.0 Å². The number of benzene rings is 2. The van der Waals surface area contributed by atoms with Crippen molar-refractivity contribution in [3.05, 3.63) is 52.7 Å². The highest BCUT2D eigenvalue weighted by molar-refractivity contribution is 5.99. The number of rotatable bonds is 3. The molecule has 1 atom stereocenters. The summed E-state index contributed by atoms with van der Waals surface area (Å²) in [6, 6.07) is 4.23. The normalized spacial score (nSPS) is 23.9. The highest BCUT2D eigenvalue weighted by atomic mass is 19.1. The van der Waals surface area contributed by atoms with Crippen LogP contribution in [0.5, 0.6) is 0 Å². The van der Waals surface area contributed by atoms with Crippen LogP contribution in [0.2, 0.25) is 0 Å². The molecule has 0 spiro atoms. The number of carboxylic acid groups (broad SMARTS) is 1. The third-order valence-corrected chi connectivity index (χ3v) is 8.52. The van der Waals surface area contributed by atoms with Gasteiger partial charge in [-0.15, -0.1) is 0 Å². The first-order valence-electron chi connectivity index (χ1n) is 12.0. The quantitative estimate of drug-likeness (QED) is 0.347. The molecule has 4 aromatic rings. The molecule has 0 saturated heterocycles. The molecule has 2 aromatic carbocycles. The van der Waals surface area contributed by atoms with Crippen molar-refractivity contribution in [2.45, 2.75) is 51.4 Å². The van der Waals surface area contributed by atoms with Gasteiger partial charge in [0.05, 0.1) is 17.0 Å². The number of nitrogens with one attached hydrogen (secondary N) is 1. The number of nitrogens with two attached hydrogens (primary N) is 1. The van der Waals surface area contributed by atoms with Gasteiger partial charge >= 0.3 is 5.97 Å². The molecule has 0 amide bonds. The lowest BCUT2D eigenvalue weighted by atomic mass is 9.53. The van der Waals surface area contributed by atoms with Gasteiger partial charge in [0, 0.05) is 28.6 Å². The molecule has 0 aliphatic heterocycles. The van der Waals surface area contributed by atoms with Crippen molar-refractivity contribution in [1.82, 2.24) is 15.0 Å². The average Bonchev–Trinajstić information content (AvgIpc) is 3.26. The van der Waals surface area contributed by atoms with Crippen LogP contribution in [0.4, 0.5) is 14.6 Å². The molecule has 3 fully saturated rings. The molecule has 180 valence electrons. The van der Waals surface area contributed by atoms with E-state index in [0.717, 1.165) is 53.8 Å². The summed E-state index contributed by atoms with van der Waals surface area (Å²) in [5, 5.41) is 11.0. The summed E-state index contributed by atoms with van der Waals surface area (Å²) in [5.41, 5.74) is 10.7. The van der Waals surface area contributed by atoms with Crippen molar-refractivity contribution >= 4 is 33.6 Å². The number of aromatic amines is 1. The van der Waals surface area contributed by atoms with Gasteiger partial charge < -0.3 is 15.8 Å². The molecule has 4 N–H and O–H groups in total. The second kappa shape index (κ2) is 7.47. The van der Waals surface area contributed by atoms with Crippen molar-refractivity contribution in [3.63, 3.8) is 0 Å². The highest BCUT2D eigenvalue weighted by Gasteiger charge is 2.50. The van der Waals surface area contributed by atoms with Gasteiger partial charge in [0.25, 0.3) is 0 Å². The summed E-state index contributed by atoms with van der Waals surface area (Å²) < 4.78 is 28.3. The fraction of sp³-hybridized carbons (Fsp3) is 0.370. The van der Waals surface area contributed by atoms with E-state index in [1.807, 2.05) is 13.8 Å². The van der Waals surface area contributed by atoms with Crippen LogP contribution in [0.3, 0.4) is 0 Å². The molecule has 6 nitrogen and oxygen atoms in total. The van der Waals surface area contributed by atoms with Crippen molar-refractivity contribution in [3.8, 4) is 11.4 Å². The Morgan fingerprint density at radius 3 is 2.63 bits per heavy atom. The summed E-state index contributed by atoms with van der Waals surface area (Å²) in [5.74, 6) is -1.63. The Bertz CT molecular complexity index is 1540. The predicted molar refractivity (Wildman–Crippen MR) is 130 cm³/mol. The maximum Gasteiger partial charge on any atom is 0.306 e. The second-order valence-corrected chi connectivity index (χ2v) is 10.3. The van der Waals surface area contributed by atoms with Crippen LogP contribution < -0.4 is 5.73 Å². The average molecular weight is 477 g/mol. The minimum absolute atomic E-state index is 0.183. The Morgan fingerprint density at radius 2 is 1.91 bits per heavy atom. The van der Waals surface area contributed by atoms with E-state index in [-0.39, 0.29) is 22.8 Å². The highest BCUT2D eigenvalue weighted by Crippen LogP contribution is 2.56. The van der Waals surface area contributed by atoms with E-state index in [2.05, 4.69) is 16.0 Å². The van der Waals surface area contributed by atoms with E-state index < -0.39 is 17.6 Å². The Kier molecular flexibility index (Phi) is 4.69. The SMILES string of the molecule is Cc1cc(C23CCC(CC2)[C@@H](C(=O)O)C3)c2c(N)nc(-c3c[nH]c4c(F)cc(F)cc34)nc2c1C. The molecule has 2 heterocycles. The topological polar surface area (TPSA) is 105 Å². The first-order valence-corrected chi connectivity index (χ1v) is 12.0. The lowest BCUT2D eigenvalue weighted by Crippen LogP contribution is -2.46. The van der Waals surface area contributed by atoms with Gasteiger partial charge in [0.1, 0.15) is 17.5 Å². The third kappa shape index (κ3) is 3.15. The molecule has 3 saturated carbocycles. The molecule has 35 heavy (non-hydrogen) atoms. The summed E-state index contributed by atoms with van der Waals surface area (Å²) in [7, 11) is 0. The largest absolute Gasteiger partial charge is 0.481 e. The smallest absolute Gasteiger partial charge is 0.306 e. The molecule has 0 unspecified atom stereocenters. The number of carbonyl (C=O) groups is 1. The fourth-order valence-electron chi connectivity index (χ4n) is 6.53. The van der Waals surface area contributed by atoms with E-state index in [0.29, 0.717) is 34.5 Å². The molecule has 8 heteroatoms. The number of hydrogen-bond acceptors (Lipinski definition) is 4. The summed E-state index contributed by atoms with van der Waals surface area (Å²) in [4.78, 5) is 24.3. The summed E-state index contributed by atoms with van der Waals surface area (Å²) in [6.07, 6.45) is 5.76. The minimum Gasteiger partial charge on any atom is -0.481 e. The van der Waals surface area contributed by atoms with Crippen molar-refractivity contribution in [2.75, 3.05) is 5.73 Å². The Labute approximate surface area is 200 Å². The van der Waals surface area contributed by atoms with Crippen LogP contribution in [0.1, 0.15) is 48.8 Å². The fourth-order valence-corrected chi connectivity index (χ4v) is 6.53. The third-order valence-electron chi connectivity index (χ3n) is 8.52. The summed E-state index contributed by atoms with van der Waals surface area (Å²) in [6.45, 7) is 3.99. The lowest BCUT2D eigenvalue weighted by molar-refractivity contribution is -0.148. The predicted octanol–water partition coefficient (Wildman–Crippen LogP) is 5.79. The standard InChI is InChI=1S/C27H26F2N4O2/c1-12-7-19(27-5-3-14(4-6-27)17(10-27)26(34)35)21-22(13(12)2)32-25(33-24(21)30)18-11-31-23-16(18)8-15(28)9-20(23)29/h7-9,11,14,17,31H,3-6,10H2,1-2H3,(H,34,35)(H2,30,32,33)/t14?,17-,27?/m0/s1. The van der Waals surface area contributed by atoms with E-state index in [1.54, 1.807) is 6.20 Å². The molecular formula is C27H26F2N4O2. The molecule has 2 bridgehead atoms. The van der Waals surface area contributed by atoms with Gasteiger partial charge in [0.15, 0.2) is 5.82 Å². The van der Waals surface area contributed by atoms with Crippen LogP contribution in [0.25, 0.3) is 33.2 Å². The molecule has 3 aliphatic rings. The van der Waals surface area contributed by atoms with E-state index in [9.17, 15) is 18.7 Å². The number of carboxylic acids is 1. The van der Waals surface area contributed by atoms with Crippen molar-refractivity contribution < 1.29 is 18.7 Å². The monoisotopic (exact) mass is 476 g/mol. The lowest BCUT2D eigenvalue weighted by Gasteiger charge is -2.50. The number of fused-ring (bicyclic) bond motifs is 5. The zero-order valence-electron chi connectivity index (χ0n) is 19.6. The van der Waals surface area contributed by atoms with Crippen LogP contribution in [-0.2, 0) is 10.2 Å². The van der Waals surface area contributed by atoms with E-state index in [4.69, 9.17) is 10.7 Å². The van der Waals surface area contributed by atoms with Crippen molar-refractivity contribution in [2.24, 2.45) is 11.8 Å². The van der Waals surface area contributed by atoms with Gasteiger partial charge in [-0.1, -0.05) is 6.07 Å². The number of nitrogens with zero attached hydrogens (tertiary/aromatic N) is 2. The number of anilines is 1. The number of aromatic nitrogens is 3. The number of hydrogen-bond donors (Lipinski definition) is 3. The Morgan fingerprint density at radius 1 is 1.17 bits per heavy atom. The van der Waals surface area contributed by atoms with Gasteiger partial charge in [-0.2, -0.15) is 0 Å². The zero-order valence-corrected chi connectivity index (χ0v) is 19.6. The summed E-state index contributed by atoms with van der Waals surface area (Å²) >= 11 is 0. The van der Waals surface area contributed by atoms with Gasteiger partial charge in [-0.25, -0.2) is 18.7 Å². The second-order valence-electron chi connectivity index (χ2n) is 10.3. The molecule has 3 aliphatic carbocycles. The van der Waals surface area contributed by atoms with Crippen molar-refractivity contribution in [1.29, 1.82) is 0 Å². The van der Waals surface area contributed by atoms with E-state index >= 15 is 0 Å². The molecule has 7 rings (SSSR count). The maximum absolute atomic E-state index is 14.3. The maximum atomic E-state index is 14.3. The minimum atomic E-state index is -0.725. The van der Waals surface area contributed by atoms with Gasteiger partial charge in [-0.3, -0.25) is 4.79 Å². The van der Waals surface area contributed by atoms with Crippen LogP contribution in [0, 0.1) is 37.3 Å². The zero-order chi connectivity index (χ0) is 24.6. The van der Waals surface area contributed by atoms with Crippen LogP contribution in [0.15, 0.2) is 24.4 Å². The number of nitrogen functional groups attached to an aromatic ring is 1. The first-order chi connectivity index (χ1) is 16.7. The number of aryl methyl sites for hydroxylation is 2. The number of H-pyrrole nitrogens is 1. The Hall–Kier alpha value is -3.55. The molecule has 2 aromatic heterocycles. The van der Waals surface area contributed by atoms with E-state index in [1.165, 1.54) is 6.07 Å². The number of halogens is 2. The van der Waals surface area contributed by atoms with Crippen LogP contribution >= 0.6 is 0 Å². The Balaban J connectivity index is 1.58. The van der Waals surface area contributed by atoms with Gasteiger partial charge in [0.2, 0.25) is 0 Å². The van der Waals surface area contributed by atoms with Gasteiger partial charge in [-0.05, 0) is 80.0 Å². The molecular weight excluding hydrogens is 450 g/mol. The first kappa shape index (κ1) is 21.9.